The Kier molecular flexibility index (Phi) is 5.26. The highest BCUT2D eigenvalue weighted by atomic mass is 16.3. The van der Waals surface area contributed by atoms with Crippen LogP contribution >= 0.6 is 0 Å². The Labute approximate surface area is 106 Å². The Hall–Kier alpha value is -1.44. The van der Waals surface area contributed by atoms with Gasteiger partial charge in [0.25, 0.3) is 0 Å². The molecule has 0 aliphatic carbocycles. The summed E-state index contributed by atoms with van der Waals surface area (Å²) in [5, 5.41) is 21.1. The standard InChI is InChI=1S/C11H21N5O2/c1-6(2)9-14-10(13-8(4-17)5-18)7(3)11(15-9)16-12/h6,8,17-18H,4-5,12H2,1-3H3,(H2,13,14,15,16). The van der Waals surface area contributed by atoms with Crippen molar-refractivity contribution in [3.05, 3.63) is 11.4 Å². The highest BCUT2D eigenvalue weighted by Crippen LogP contribution is 2.22. The molecule has 0 aliphatic heterocycles. The van der Waals surface area contributed by atoms with Crippen molar-refractivity contribution in [2.24, 2.45) is 5.84 Å². The van der Waals surface area contributed by atoms with Gasteiger partial charge >= 0.3 is 0 Å². The molecule has 1 heterocycles. The van der Waals surface area contributed by atoms with E-state index in [1.54, 1.807) is 0 Å². The molecule has 7 nitrogen and oxygen atoms in total. The number of aromatic nitrogens is 2. The molecular weight excluding hydrogens is 234 g/mol. The number of hydrogen-bond acceptors (Lipinski definition) is 7. The van der Waals surface area contributed by atoms with Crippen LogP contribution in [-0.2, 0) is 0 Å². The molecule has 0 saturated carbocycles. The topological polar surface area (TPSA) is 116 Å². The van der Waals surface area contributed by atoms with Gasteiger partial charge in [-0.1, -0.05) is 13.8 Å². The maximum Gasteiger partial charge on any atom is 0.148 e. The Morgan fingerprint density at radius 3 is 2.17 bits per heavy atom. The molecule has 1 aromatic rings. The summed E-state index contributed by atoms with van der Waals surface area (Å²) < 4.78 is 0. The van der Waals surface area contributed by atoms with E-state index >= 15 is 0 Å². The molecule has 1 aromatic heterocycles. The van der Waals surface area contributed by atoms with Crippen LogP contribution in [-0.4, -0.2) is 39.4 Å². The molecule has 0 bridgehead atoms. The molecule has 102 valence electrons. The second-order valence-electron chi connectivity index (χ2n) is 4.41. The van der Waals surface area contributed by atoms with Crippen molar-refractivity contribution < 1.29 is 10.2 Å². The molecule has 1 rings (SSSR count). The Bertz CT molecular complexity index is 393. The fourth-order valence-electron chi connectivity index (χ4n) is 1.42. The van der Waals surface area contributed by atoms with E-state index in [4.69, 9.17) is 16.1 Å². The van der Waals surface area contributed by atoms with Crippen molar-refractivity contribution in [3.63, 3.8) is 0 Å². The molecule has 0 spiro atoms. The van der Waals surface area contributed by atoms with Gasteiger partial charge in [-0.25, -0.2) is 15.8 Å². The average molecular weight is 255 g/mol. The van der Waals surface area contributed by atoms with E-state index in [2.05, 4.69) is 20.7 Å². The molecular formula is C11H21N5O2. The normalized spacial score (nSPS) is 11.1. The number of nitrogens with zero attached hydrogens (tertiary/aromatic N) is 2. The van der Waals surface area contributed by atoms with E-state index in [9.17, 15) is 0 Å². The van der Waals surface area contributed by atoms with Gasteiger partial charge in [-0.15, -0.1) is 0 Å². The summed E-state index contributed by atoms with van der Waals surface area (Å²) in [7, 11) is 0. The van der Waals surface area contributed by atoms with Crippen LogP contribution in [0.2, 0.25) is 0 Å². The van der Waals surface area contributed by atoms with E-state index in [-0.39, 0.29) is 19.1 Å². The summed E-state index contributed by atoms with van der Waals surface area (Å²) in [4.78, 5) is 8.67. The van der Waals surface area contributed by atoms with Crippen LogP contribution in [0.4, 0.5) is 11.6 Å². The summed E-state index contributed by atoms with van der Waals surface area (Å²) in [6.07, 6.45) is 0. The van der Waals surface area contributed by atoms with Crippen LogP contribution in [0.1, 0.15) is 31.2 Å². The lowest BCUT2D eigenvalue weighted by Gasteiger charge is -2.18. The number of hydrazine groups is 1. The number of aliphatic hydroxyl groups excluding tert-OH is 2. The summed E-state index contributed by atoms with van der Waals surface area (Å²) in [6.45, 7) is 5.41. The molecule has 0 aromatic carbocycles. The van der Waals surface area contributed by atoms with Crippen LogP contribution in [0.5, 0.6) is 0 Å². The minimum Gasteiger partial charge on any atom is -0.394 e. The van der Waals surface area contributed by atoms with Gasteiger partial charge in [0.1, 0.15) is 17.5 Å². The van der Waals surface area contributed by atoms with E-state index in [0.29, 0.717) is 17.5 Å². The van der Waals surface area contributed by atoms with Crippen molar-refractivity contribution in [1.82, 2.24) is 9.97 Å². The van der Waals surface area contributed by atoms with Gasteiger partial charge in [0.15, 0.2) is 0 Å². The number of nitrogen functional groups attached to an aromatic ring is 1. The fourth-order valence-corrected chi connectivity index (χ4v) is 1.42. The fraction of sp³-hybridized carbons (Fsp3) is 0.636. The zero-order valence-corrected chi connectivity index (χ0v) is 10.9. The quantitative estimate of drug-likeness (QED) is 0.357. The van der Waals surface area contributed by atoms with Crippen molar-refractivity contribution in [2.45, 2.75) is 32.7 Å². The highest BCUT2D eigenvalue weighted by molar-refractivity contribution is 5.57. The monoisotopic (exact) mass is 255 g/mol. The Balaban J connectivity index is 3.12. The number of hydrogen-bond donors (Lipinski definition) is 5. The van der Waals surface area contributed by atoms with Crippen molar-refractivity contribution in [3.8, 4) is 0 Å². The SMILES string of the molecule is Cc1c(NN)nc(C(C)C)nc1NC(CO)CO. The van der Waals surface area contributed by atoms with Crippen molar-refractivity contribution >= 4 is 11.6 Å². The van der Waals surface area contributed by atoms with Gasteiger partial charge in [-0.2, -0.15) is 0 Å². The predicted octanol–water partition coefficient (Wildman–Crippen LogP) is -0.0409. The zero-order chi connectivity index (χ0) is 13.7. The van der Waals surface area contributed by atoms with E-state index in [0.717, 1.165) is 5.56 Å². The van der Waals surface area contributed by atoms with Crippen LogP contribution in [0, 0.1) is 6.92 Å². The van der Waals surface area contributed by atoms with E-state index in [1.807, 2.05) is 20.8 Å². The Morgan fingerprint density at radius 2 is 1.72 bits per heavy atom. The molecule has 18 heavy (non-hydrogen) atoms. The van der Waals surface area contributed by atoms with Crippen LogP contribution in [0.15, 0.2) is 0 Å². The number of anilines is 2. The third kappa shape index (κ3) is 3.28. The number of nitrogens with one attached hydrogen (secondary N) is 2. The summed E-state index contributed by atoms with van der Waals surface area (Å²) >= 11 is 0. The summed E-state index contributed by atoms with van der Waals surface area (Å²) in [5.74, 6) is 7.31. The first kappa shape index (κ1) is 14.6. The van der Waals surface area contributed by atoms with E-state index in [1.165, 1.54) is 0 Å². The van der Waals surface area contributed by atoms with Gasteiger partial charge < -0.3 is 21.0 Å². The second kappa shape index (κ2) is 6.48. The third-order valence-electron chi connectivity index (χ3n) is 2.60. The second-order valence-corrected chi connectivity index (χ2v) is 4.41. The minimum atomic E-state index is -0.454. The van der Waals surface area contributed by atoms with Gasteiger partial charge in [0.2, 0.25) is 0 Å². The van der Waals surface area contributed by atoms with Gasteiger partial charge in [0, 0.05) is 11.5 Å². The summed E-state index contributed by atoms with van der Waals surface area (Å²) in [6, 6.07) is -0.454. The zero-order valence-electron chi connectivity index (χ0n) is 10.9. The smallest absolute Gasteiger partial charge is 0.148 e. The molecule has 6 N–H and O–H groups in total. The maximum absolute atomic E-state index is 9.08. The molecule has 7 heteroatoms. The molecule has 0 unspecified atom stereocenters. The molecule has 0 saturated heterocycles. The lowest BCUT2D eigenvalue weighted by Crippen LogP contribution is -2.29. The van der Waals surface area contributed by atoms with Crippen LogP contribution in [0.3, 0.4) is 0 Å². The lowest BCUT2D eigenvalue weighted by atomic mass is 10.2. The number of rotatable bonds is 6. The predicted molar refractivity (Wildman–Crippen MR) is 70.3 cm³/mol. The van der Waals surface area contributed by atoms with Crippen molar-refractivity contribution in [2.75, 3.05) is 24.0 Å². The average Bonchev–Trinajstić information content (AvgIpc) is 2.37. The first-order valence-electron chi connectivity index (χ1n) is 5.86. The molecule has 0 radical (unpaired) electrons. The lowest BCUT2D eigenvalue weighted by molar-refractivity contribution is 0.203. The first-order valence-corrected chi connectivity index (χ1v) is 5.86. The first-order chi connectivity index (χ1) is 8.53. The van der Waals surface area contributed by atoms with Crippen LogP contribution in [0.25, 0.3) is 0 Å². The number of nitrogens with two attached hydrogens (primary N) is 1. The summed E-state index contributed by atoms with van der Waals surface area (Å²) in [5.41, 5.74) is 3.27. The number of aliphatic hydroxyl groups is 2. The largest absolute Gasteiger partial charge is 0.394 e. The Morgan fingerprint density at radius 1 is 1.17 bits per heavy atom. The van der Waals surface area contributed by atoms with Crippen LogP contribution < -0.4 is 16.6 Å². The van der Waals surface area contributed by atoms with Gasteiger partial charge in [-0.3, -0.25) is 0 Å². The minimum absolute atomic E-state index is 0.153. The van der Waals surface area contributed by atoms with Gasteiger partial charge in [0.05, 0.1) is 19.3 Å². The highest BCUT2D eigenvalue weighted by Gasteiger charge is 2.15. The van der Waals surface area contributed by atoms with Crippen molar-refractivity contribution in [1.29, 1.82) is 0 Å². The van der Waals surface area contributed by atoms with Gasteiger partial charge in [-0.05, 0) is 6.92 Å². The third-order valence-corrected chi connectivity index (χ3v) is 2.60. The molecule has 0 amide bonds. The maximum atomic E-state index is 9.08. The molecule has 0 fully saturated rings. The van der Waals surface area contributed by atoms with E-state index < -0.39 is 6.04 Å². The molecule has 0 aliphatic rings. The molecule has 0 atom stereocenters.